The lowest BCUT2D eigenvalue weighted by molar-refractivity contribution is -0.144. The third kappa shape index (κ3) is 5.10. The van der Waals surface area contributed by atoms with Gasteiger partial charge in [-0.15, -0.1) is 0 Å². The van der Waals surface area contributed by atoms with Gasteiger partial charge in [-0.3, -0.25) is 4.79 Å². The maximum absolute atomic E-state index is 12.0. The molecule has 0 saturated carbocycles. The topological polar surface area (TPSA) is 81.4 Å². The fourth-order valence-corrected chi connectivity index (χ4v) is 1.74. The molecule has 21 heavy (non-hydrogen) atoms. The monoisotopic (exact) mass is 308 g/mol. The van der Waals surface area contributed by atoms with Crippen LogP contribution in [0.15, 0.2) is 18.2 Å². The highest BCUT2D eigenvalue weighted by molar-refractivity contribution is 6.32. The molecule has 0 radical (unpaired) electrons. The van der Waals surface area contributed by atoms with Gasteiger partial charge in [-0.25, -0.2) is 4.79 Å². The smallest absolute Gasteiger partial charge is 0.328 e. The molecule has 0 aromatic heterocycles. The normalized spacial score (nSPS) is 11.0. The van der Waals surface area contributed by atoms with E-state index in [2.05, 4.69) is 17.2 Å². The van der Waals surface area contributed by atoms with E-state index in [0.29, 0.717) is 16.1 Å². The number of hydrogen-bond acceptors (Lipinski definition) is 4. The average molecular weight is 309 g/mol. The first-order chi connectivity index (χ1) is 9.99. The molecule has 0 fully saturated rings. The molecule has 0 heterocycles. The molecule has 0 saturated heterocycles. The molecule has 0 aliphatic heterocycles. The summed E-state index contributed by atoms with van der Waals surface area (Å²) in [6.45, 7) is 3.75. The van der Waals surface area contributed by atoms with E-state index in [-0.39, 0.29) is 13.2 Å². The number of esters is 1. The zero-order chi connectivity index (χ0) is 15.8. The van der Waals surface area contributed by atoms with E-state index in [9.17, 15) is 9.59 Å². The summed E-state index contributed by atoms with van der Waals surface area (Å²) in [6, 6.07) is 3.98. The van der Waals surface area contributed by atoms with E-state index in [1.165, 1.54) is 6.07 Å². The number of rotatable bonds is 4. The second kappa shape index (κ2) is 8.30. The predicted octanol–water partition coefficient (Wildman–Crippen LogP) is 1.33. The van der Waals surface area contributed by atoms with Gasteiger partial charge < -0.3 is 15.8 Å². The van der Waals surface area contributed by atoms with Crippen LogP contribution in [0.3, 0.4) is 0 Å². The zero-order valence-corrected chi connectivity index (χ0v) is 12.7. The maximum Gasteiger partial charge on any atom is 0.328 e. The standard InChI is InChI=1S/C15H17ClN2O3/c1-3-21-15(20)10(2)18-14(19)12-7-6-11(5-4-8-17)13(16)9-12/h6-7,9-10H,3,8,17H2,1-2H3,(H,18,19). The van der Waals surface area contributed by atoms with Gasteiger partial charge in [-0.1, -0.05) is 23.4 Å². The van der Waals surface area contributed by atoms with Gasteiger partial charge in [0.25, 0.3) is 5.91 Å². The fraction of sp³-hybridized carbons (Fsp3) is 0.333. The Labute approximate surface area is 128 Å². The Morgan fingerprint density at radius 3 is 2.76 bits per heavy atom. The van der Waals surface area contributed by atoms with E-state index in [0.717, 1.165) is 0 Å². The van der Waals surface area contributed by atoms with Gasteiger partial charge in [0.1, 0.15) is 6.04 Å². The molecule has 1 amide bonds. The zero-order valence-electron chi connectivity index (χ0n) is 11.9. The van der Waals surface area contributed by atoms with E-state index in [1.807, 2.05) is 0 Å². The van der Waals surface area contributed by atoms with Gasteiger partial charge in [-0.05, 0) is 32.0 Å². The molecule has 3 N–H and O–H groups in total. The first-order valence-corrected chi connectivity index (χ1v) is 6.83. The van der Waals surface area contributed by atoms with Crippen LogP contribution in [0, 0.1) is 11.8 Å². The number of ether oxygens (including phenoxy) is 1. The van der Waals surface area contributed by atoms with E-state index >= 15 is 0 Å². The molecule has 0 aliphatic carbocycles. The number of hydrogen-bond donors (Lipinski definition) is 2. The number of benzene rings is 1. The Kier molecular flexibility index (Phi) is 6.73. The van der Waals surface area contributed by atoms with Crippen molar-refractivity contribution >= 4 is 23.5 Å². The van der Waals surface area contributed by atoms with E-state index in [4.69, 9.17) is 22.1 Å². The lowest BCUT2D eigenvalue weighted by atomic mass is 10.1. The highest BCUT2D eigenvalue weighted by Gasteiger charge is 2.17. The minimum absolute atomic E-state index is 0.232. The van der Waals surface area contributed by atoms with Gasteiger partial charge in [0, 0.05) is 11.1 Å². The van der Waals surface area contributed by atoms with Crippen LogP contribution in [0.25, 0.3) is 0 Å². The highest BCUT2D eigenvalue weighted by atomic mass is 35.5. The molecule has 0 bridgehead atoms. The molecule has 1 rings (SSSR count). The maximum atomic E-state index is 12.0. The molecule has 0 spiro atoms. The van der Waals surface area contributed by atoms with Crippen molar-refractivity contribution in [2.24, 2.45) is 5.73 Å². The second-order valence-electron chi connectivity index (χ2n) is 4.15. The lowest BCUT2D eigenvalue weighted by Crippen LogP contribution is -2.39. The molecule has 5 nitrogen and oxygen atoms in total. The number of nitrogens with one attached hydrogen (secondary N) is 1. The van der Waals surface area contributed by atoms with Crippen LogP contribution in [-0.4, -0.2) is 31.1 Å². The third-order valence-corrected chi connectivity index (χ3v) is 2.86. The first kappa shape index (κ1) is 17.0. The minimum atomic E-state index is -0.729. The summed E-state index contributed by atoms with van der Waals surface area (Å²) >= 11 is 6.04. The van der Waals surface area contributed by atoms with Crippen LogP contribution < -0.4 is 11.1 Å². The number of carbonyl (C=O) groups excluding carboxylic acids is 2. The molecule has 1 aromatic rings. The molecule has 6 heteroatoms. The van der Waals surface area contributed by atoms with Crippen LogP contribution >= 0.6 is 11.6 Å². The third-order valence-electron chi connectivity index (χ3n) is 2.54. The molecule has 1 aromatic carbocycles. The van der Waals surface area contributed by atoms with Gasteiger partial charge in [0.15, 0.2) is 0 Å². The molecule has 1 atom stereocenters. The van der Waals surface area contributed by atoms with Crippen molar-refractivity contribution in [3.63, 3.8) is 0 Å². The summed E-state index contributed by atoms with van der Waals surface area (Å²) < 4.78 is 4.82. The summed E-state index contributed by atoms with van der Waals surface area (Å²) in [5.41, 5.74) is 6.22. The average Bonchev–Trinajstić information content (AvgIpc) is 2.46. The van der Waals surface area contributed by atoms with Crippen molar-refractivity contribution in [1.29, 1.82) is 0 Å². The number of carbonyl (C=O) groups is 2. The van der Waals surface area contributed by atoms with Crippen LogP contribution in [-0.2, 0) is 9.53 Å². The van der Waals surface area contributed by atoms with Crippen molar-refractivity contribution in [3.05, 3.63) is 34.3 Å². The Bertz CT molecular complexity index is 590. The van der Waals surface area contributed by atoms with Crippen molar-refractivity contribution < 1.29 is 14.3 Å². The molecule has 112 valence electrons. The summed E-state index contributed by atoms with van der Waals surface area (Å²) in [5.74, 6) is 4.60. The first-order valence-electron chi connectivity index (χ1n) is 6.45. The Morgan fingerprint density at radius 2 is 2.19 bits per heavy atom. The van der Waals surface area contributed by atoms with Crippen LogP contribution in [0.2, 0.25) is 5.02 Å². The van der Waals surface area contributed by atoms with Gasteiger partial charge in [0.2, 0.25) is 0 Å². The Morgan fingerprint density at radius 1 is 1.48 bits per heavy atom. The summed E-state index contributed by atoms with van der Waals surface area (Å²) in [5, 5.41) is 2.90. The summed E-state index contributed by atoms with van der Waals surface area (Å²) in [4.78, 5) is 23.5. The van der Waals surface area contributed by atoms with Crippen molar-refractivity contribution in [3.8, 4) is 11.8 Å². The Balaban J connectivity index is 2.80. The molecule has 0 aliphatic rings. The van der Waals surface area contributed by atoms with E-state index in [1.54, 1.807) is 26.0 Å². The van der Waals surface area contributed by atoms with Crippen LogP contribution in [0.1, 0.15) is 29.8 Å². The number of halogens is 1. The number of amides is 1. The van der Waals surface area contributed by atoms with Gasteiger partial charge in [-0.2, -0.15) is 0 Å². The fourth-order valence-electron chi connectivity index (χ4n) is 1.51. The van der Waals surface area contributed by atoms with Crippen LogP contribution in [0.4, 0.5) is 0 Å². The number of nitrogens with two attached hydrogens (primary N) is 1. The quantitative estimate of drug-likeness (QED) is 0.649. The second-order valence-corrected chi connectivity index (χ2v) is 4.55. The van der Waals surface area contributed by atoms with Gasteiger partial charge >= 0.3 is 5.97 Å². The molecular weight excluding hydrogens is 292 g/mol. The highest BCUT2D eigenvalue weighted by Crippen LogP contribution is 2.17. The predicted molar refractivity (Wildman–Crippen MR) is 80.9 cm³/mol. The summed E-state index contributed by atoms with van der Waals surface area (Å²) in [7, 11) is 0. The summed E-state index contributed by atoms with van der Waals surface area (Å²) in [6.07, 6.45) is 0. The van der Waals surface area contributed by atoms with Gasteiger partial charge in [0.05, 0.1) is 18.2 Å². The van der Waals surface area contributed by atoms with Crippen molar-refractivity contribution in [2.75, 3.05) is 13.2 Å². The molecular formula is C15H17ClN2O3. The SMILES string of the molecule is CCOC(=O)C(C)NC(=O)c1ccc(C#CCN)c(Cl)c1. The van der Waals surface area contributed by atoms with Crippen molar-refractivity contribution in [2.45, 2.75) is 19.9 Å². The lowest BCUT2D eigenvalue weighted by Gasteiger charge is -2.12. The Hall–Kier alpha value is -2.03. The minimum Gasteiger partial charge on any atom is -0.464 e. The van der Waals surface area contributed by atoms with Crippen LogP contribution in [0.5, 0.6) is 0 Å². The molecule has 1 unspecified atom stereocenters. The van der Waals surface area contributed by atoms with E-state index < -0.39 is 17.9 Å². The largest absolute Gasteiger partial charge is 0.464 e. The van der Waals surface area contributed by atoms with Crippen molar-refractivity contribution in [1.82, 2.24) is 5.32 Å².